The van der Waals surface area contributed by atoms with Crippen molar-refractivity contribution in [2.45, 2.75) is 0 Å². The van der Waals surface area contributed by atoms with Crippen LogP contribution in [-0.4, -0.2) is 18.8 Å². The third kappa shape index (κ3) is 3.88. The lowest BCUT2D eigenvalue weighted by Crippen LogP contribution is -2.30. The van der Waals surface area contributed by atoms with E-state index in [4.69, 9.17) is 9.47 Å². The summed E-state index contributed by atoms with van der Waals surface area (Å²) in [6.45, 7) is 0. The molecule has 144 valence electrons. The molecule has 0 spiro atoms. The number of nitriles is 2. The molecule has 1 aromatic heterocycles. The molecule has 0 bridgehead atoms. The first-order valence-corrected chi connectivity index (χ1v) is 9.10. The number of methoxy groups -OCH3 is 2. The van der Waals surface area contributed by atoms with E-state index in [0.29, 0.717) is 22.7 Å². The summed E-state index contributed by atoms with van der Waals surface area (Å²) in [5, 5.41) is 18.6. The molecule has 3 aromatic rings. The van der Waals surface area contributed by atoms with Crippen LogP contribution >= 0.6 is 11.3 Å². The summed E-state index contributed by atoms with van der Waals surface area (Å²) < 4.78 is 25.5. The molecule has 0 saturated carbocycles. The van der Waals surface area contributed by atoms with Crippen molar-refractivity contribution in [3.8, 4) is 29.3 Å². The fourth-order valence-corrected chi connectivity index (χ4v) is 3.72. The van der Waals surface area contributed by atoms with Gasteiger partial charge in [0.25, 0.3) is 5.56 Å². The number of benzene rings is 2. The summed E-state index contributed by atoms with van der Waals surface area (Å²) in [5.74, 6) is 0.633. The van der Waals surface area contributed by atoms with Gasteiger partial charge in [-0.05, 0) is 42.5 Å². The number of halogens is 1. The highest BCUT2D eigenvalue weighted by atomic mass is 32.1. The second kappa shape index (κ2) is 8.42. The zero-order valence-electron chi connectivity index (χ0n) is 15.5. The Hall–Kier alpha value is -3.88. The van der Waals surface area contributed by atoms with Gasteiger partial charge in [0.15, 0.2) is 5.57 Å². The van der Waals surface area contributed by atoms with Gasteiger partial charge in [-0.2, -0.15) is 10.5 Å². The highest BCUT2D eigenvalue weighted by Crippen LogP contribution is 2.24. The van der Waals surface area contributed by atoms with E-state index in [1.165, 1.54) is 43.1 Å². The lowest BCUT2D eigenvalue weighted by atomic mass is 10.2. The Labute approximate surface area is 169 Å². The molecule has 29 heavy (non-hydrogen) atoms. The van der Waals surface area contributed by atoms with Crippen LogP contribution in [0.15, 0.2) is 47.3 Å². The molecule has 0 unspecified atom stereocenters. The summed E-state index contributed by atoms with van der Waals surface area (Å²) in [4.78, 5) is 13.1. The predicted molar refractivity (Wildman–Crippen MR) is 107 cm³/mol. The van der Waals surface area contributed by atoms with Crippen molar-refractivity contribution in [1.29, 1.82) is 10.5 Å². The van der Waals surface area contributed by atoms with Crippen molar-refractivity contribution in [3.05, 3.63) is 73.4 Å². The second-order valence-corrected chi connectivity index (χ2v) is 6.77. The zero-order chi connectivity index (χ0) is 21.0. The Balaban J connectivity index is 2.35. The third-order valence-corrected chi connectivity index (χ3v) is 5.17. The Morgan fingerprint density at radius 1 is 1.10 bits per heavy atom. The Kier molecular flexibility index (Phi) is 5.77. The molecular formula is C21H14FN3O3S. The van der Waals surface area contributed by atoms with Crippen molar-refractivity contribution in [2.75, 3.05) is 14.2 Å². The summed E-state index contributed by atoms with van der Waals surface area (Å²) in [6.07, 6.45) is 1.61. The quantitative estimate of drug-likeness (QED) is 0.661. The maximum atomic E-state index is 13.3. The van der Waals surface area contributed by atoms with Crippen molar-refractivity contribution >= 4 is 23.0 Å². The first-order valence-electron chi connectivity index (χ1n) is 8.28. The Morgan fingerprint density at radius 2 is 1.79 bits per heavy atom. The SMILES string of the molecule is COc1ccc(/C=c2\sc(=C(C#N)C#N)n(-c3ccc(F)cc3)c2=O)c(OC)c1. The molecule has 0 aliphatic rings. The second-order valence-electron chi connectivity index (χ2n) is 5.74. The topological polar surface area (TPSA) is 88.0 Å². The van der Waals surface area contributed by atoms with E-state index in [1.807, 2.05) is 12.1 Å². The number of hydrogen-bond acceptors (Lipinski definition) is 6. The maximum Gasteiger partial charge on any atom is 0.273 e. The summed E-state index contributed by atoms with van der Waals surface area (Å²) in [7, 11) is 3.03. The van der Waals surface area contributed by atoms with Crippen LogP contribution in [0.3, 0.4) is 0 Å². The molecule has 6 nitrogen and oxygen atoms in total. The van der Waals surface area contributed by atoms with Gasteiger partial charge in [-0.1, -0.05) is 0 Å². The van der Waals surface area contributed by atoms with Crippen LogP contribution in [0.5, 0.6) is 11.5 Å². The molecule has 0 aliphatic heterocycles. The number of rotatable bonds is 4. The highest BCUT2D eigenvalue weighted by molar-refractivity contribution is 7.07. The first kappa shape index (κ1) is 19.9. The van der Waals surface area contributed by atoms with Crippen molar-refractivity contribution in [1.82, 2.24) is 4.57 Å². The van der Waals surface area contributed by atoms with Crippen molar-refractivity contribution < 1.29 is 13.9 Å². The molecule has 1 heterocycles. The molecule has 0 aliphatic carbocycles. The average Bonchev–Trinajstić information content (AvgIpc) is 3.06. The third-order valence-electron chi connectivity index (χ3n) is 4.07. The van der Waals surface area contributed by atoms with Gasteiger partial charge in [0.1, 0.15) is 34.1 Å². The fraction of sp³-hybridized carbons (Fsp3) is 0.0952. The molecule has 8 heteroatoms. The minimum absolute atomic E-state index is 0.172. The minimum atomic E-state index is -0.460. The smallest absolute Gasteiger partial charge is 0.273 e. The number of hydrogen-bond donors (Lipinski definition) is 0. The number of nitrogens with zero attached hydrogens (tertiary/aromatic N) is 3. The van der Waals surface area contributed by atoms with Crippen LogP contribution in [0.25, 0.3) is 17.3 Å². The molecule has 0 amide bonds. The standard InChI is InChI=1S/C21H14FN3O3S/c1-27-17-8-3-13(18(10-17)28-2)9-19-20(26)25(16-6-4-15(22)5-7-16)21(29-19)14(11-23)12-24/h3-10H,1-2H3/b19-9-. The van der Waals surface area contributed by atoms with Crippen molar-refractivity contribution in [3.63, 3.8) is 0 Å². The maximum absolute atomic E-state index is 13.3. The van der Waals surface area contributed by atoms with Crippen LogP contribution in [-0.2, 0) is 0 Å². The molecule has 0 radical (unpaired) electrons. The molecule has 0 N–H and O–H groups in total. The van der Waals surface area contributed by atoms with Gasteiger partial charge in [0, 0.05) is 11.6 Å². The van der Waals surface area contributed by atoms with E-state index in [-0.39, 0.29) is 14.8 Å². The minimum Gasteiger partial charge on any atom is -0.497 e. The van der Waals surface area contributed by atoms with Crippen LogP contribution in [0.1, 0.15) is 5.56 Å². The summed E-state index contributed by atoms with van der Waals surface area (Å²) in [6, 6.07) is 14.0. The monoisotopic (exact) mass is 407 g/mol. The predicted octanol–water partition coefficient (Wildman–Crippen LogP) is 2.08. The molecule has 3 rings (SSSR count). The van der Waals surface area contributed by atoms with Crippen LogP contribution in [0.2, 0.25) is 0 Å². The number of ether oxygens (including phenoxy) is 2. The number of aromatic nitrogens is 1. The Bertz CT molecular complexity index is 1310. The van der Waals surface area contributed by atoms with Gasteiger partial charge < -0.3 is 9.47 Å². The van der Waals surface area contributed by atoms with Gasteiger partial charge in [-0.25, -0.2) is 4.39 Å². The van der Waals surface area contributed by atoms with Crippen LogP contribution < -0.4 is 24.2 Å². The van der Waals surface area contributed by atoms with Gasteiger partial charge in [0.2, 0.25) is 0 Å². The van der Waals surface area contributed by atoms with Crippen LogP contribution in [0, 0.1) is 28.5 Å². The molecule has 2 aromatic carbocycles. The molecular weight excluding hydrogens is 393 g/mol. The molecule has 0 saturated heterocycles. The van der Waals surface area contributed by atoms with Gasteiger partial charge in [0.05, 0.1) is 24.4 Å². The van der Waals surface area contributed by atoms with E-state index in [0.717, 1.165) is 11.3 Å². The summed E-state index contributed by atoms with van der Waals surface area (Å²) in [5.41, 5.74) is 0.335. The molecule has 0 fully saturated rings. The van der Waals surface area contributed by atoms with Gasteiger partial charge >= 0.3 is 0 Å². The van der Waals surface area contributed by atoms with E-state index in [1.54, 1.807) is 24.3 Å². The molecule has 0 atom stereocenters. The first-order chi connectivity index (χ1) is 14.0. The average molecular weight is 407 g/mol. The summed E-state index contributed by atoms with van der Waals surface area (Å²) >= 11 is 0.999. The van der Waals surface area contributed by atoms with E-state index in [2.05, 4.69) is 0 Å². The van der Waals surface area contributed by atoms with E-state index in [9.17, 15) is 19.7 Å². The van der Waals surface area contributed by atoms with E-state index >= 15 is 0 Å². The highest BCUT2D eigenvalue weighted by Gasteiger charge is 2.12. The van der Waals surface area contributed by atoms with Gasteiger partial charge in [-0.3, -0.25) is 9.36 Å². The van der Waals surface area contributed by atoms with E-state index < -0.39 is 11.4 Å². The van der Waals surface area contributed by atoms with Gasteiger partial charge in [-0.15, -0.1) is 11.3 Å². The lowest BCUT2D eigenvalue weighted by molar-refractivity contribution is 0.393. The largest absolute Gasteiger partial charge is 0.497 e. The van der Waals surface area contributed by atoms with Crippen molar-refractivity contribution in [2.24, 2.45) is 0 Å². The fourth-order valence-electron chi connectivity index (χ4n) is 2.67. The number of thiazole rings is 1. The van der Waals surface area contributed by atoms with Crippen LogP contribution in [0.4, 0.5) is 4.39 Å². The zero-order valence-corrected chi connectivity index (χ0v) is 16.3. The Morgan fingerprint density at radius 3 is 2.38 bits per heavy atom. The lowest BCUT2D eigenvalue weighted by Gasteiger charge is -2.06. The normalized spacial score (nSPS) is 10.9.